The van der Waals surface area contributed by atoms with Gasteiger partial charge in [-0.1, -0.05) is 37.1 Å². The van der Waals surface area contributed by atoms with Crippen LogP contribution in [-0.4, -0.2) is 43.2 Å². The van der Waals surface area contributed by atoms with E-state index in [1.165, 1.54) is 21.8 Å². The van der Waals surface area contributed by atoms with Crippen molar-refractivity contribution >= 4 is 17.5 Å². The van der Waals surface area contributed by atoms with Gasteiger partial charge in [-0.3, -0.25) is 14.5 Å². The molecule has 10 nitrogen and oxygen atoms in total. The fourth-order valence-corrected chi connectivity index (χ4v) is 4.80. The molecule has 0 saturated heterocycles. The lowest BCUT2D eigenvalue weighted by molar-refractivity contribution is -0.127. The van der Waals surface area contributed by atoms with Crippen LogP contribution >= 0.6 is 0 Å². The number of rotatable bonds is 8. The zero-order chi connectivity index (χ0) is 26.6. The molecule has 1 saturated carbocycles. The predicted octanol–water partition coefficient (Wildman–Crippen LogP) is 4.09. The number of phenolic OH excluding ortho intramolecular Hbond substituents is 1. The molecule has 0 spiro atoms. The number of aromatic hydroxyl groups is 1. The van der Waals surface area contributed by atoms with Crippen molar-refractivity contribution in [2.24, 2.45) is 0 Å². The number of carbonyl (C=O) groups excluding carboxylic acids is 2. The Morgan fingerprint density at radius 3 is 2.55 bits per heavy atom. The van der Waals surface area contributed by atoms with E-state index >= 15 is 0 Å². The zero-order valence-corrected chi connectivity index (χ0v) is 21.4. The summed E-state index contributed by atoms with van der Waals surface area (Å²) in [5.41, 5.74) is 2.08. The van der Waals surface area contributed by atoms with Gasteiger partial charge in [-0.15, -0.1) is 10.2 Å². The maximum absolute atomic E-state index is 13.9. The highest BCUT2D eigenvalue weighted by molar-refractivity contribution is 6.01. The van der Waals surface area contributed by atoms with Gasteiger partial charge in [-0.25, -0.2) is 0 Å². The third-order valence-electron chi connectivity index (χ3n) is 6.66. The minimum Gasteiger partial charge on any atom is -0.508 e. The number of aromatic nitrogens is 4. The number of anilines is 1. The van der Waals surface area contributed by atoms with Gasteiger partial charge in [0.15, 0.2) is 5.76 Å². The molecule has 38 heavy (non-hydrogen) atoms. The van der Waals surface area contributed by atoms with Crippen molar-refractivity contribution in [3.05, 3.63) is 77.6 Å². The number of hydrogen-bond acceptors (Lipinski definition) is 7. The molecule has 0 radical (unpaired) electrons. The first-order valence-electron chi connectivity index (χ1n) is 12.7. The van der Waals surface area contributed by atoms with Gasteiger partial charge in [0.1, 0.15) is 24.1 Å². The molecule has 196 valence electrons. The summed E-state index contributed by atoms with van der Waals surface area (Å²) in [5, 5.41) is 25.4. The molecule has 2 heterocycles. The van der Waals surface area contributed by atoms with Crippen molar-refractivity contribution in [2.45, 2.75) is 58.2 Å². The Bertz CT molecular complexity index is 1420. The third kappa shape index (κ3) is 5.59. The number of hydrogen-bond donors (Lipinski definition) is 2. The summed E-state index contributed by atoms with van der Waals surface area (Å²) in [5.74, 6) is 0.829. The maximum Gasteiger partial charge on any atom is 0.251 e. The van der Waals surface area contributed by atoms with Crippen LogP contribution in [0.4, 0.5) is 5.69 Å². The normalized spacial score (nSPS) is 14.4. The third-order valence-corrected chi connectivity index (χ3v) is 6.66. The first-order valence-corrected chi connectivity index (χ1v) is 12.7. The molecule has 0 aliphatic heterocycles. The first kappa shape index (κ1) is 25.2. The molecule has 2 amide bonds. The van der Waals surface area contributed by atoms with E-state index in [4.69, 9.17) is 4.42 Å². The Morgan fingerprint density at radius 1 is 1.11 bits per heavy atom. The average molecular weight is 515 g/mol. The molecule has 1 atom stereocenters. The van der Waals surface area contributed by atoms with E-state index < -0.39 is 11.9 Å². The summed E-state index contributed by atoms with van der Waals surface area (Å²) < 4.78 is 5.57. The number of amides is 2. The first-order chi connectivity index (χ1) is 18.4. The van der Waals surface area contributed by atoms with E-state index in [1.54, 1.807) is 30.3 Å². The second-order valence-electron chi connectivity index (χ2n) is 9.64. The van der Waals surface area contributed by atoms with Gasteiger partial charge in [0.05, 0.1) is 0 Å². The van der Waals surface area contributed by atoms with Crippen LogP contribution in [0.25, 0.3) is 11.6 Å². The summed E-state index contributed by atoms with van der Waals surface area (Å²) in [4.78, 5) is 30.4. The lowest BCUT2D eigenvalue weighted by atomic mass is 10.0. The fourth-order valence-electron chi connectivity index (χ4n) is 4.80. The largest absolute Gasteiger partial charge is 0.508 e. The van der Waals surface area contributed by atoms with E-state index in [2.05, 4.69) is 20.7 Å². The van der Waals surface area contributed by atoms with Crippen LogP contribution in [0.5, 0.6) is 5.75 Å². The minimum atomic E-state index is -0.971. The second-order valence-corrected chi connectivity index (χ2v) is 9.64. The number of phenols is 1. The fraction of sp³-hybridized carbons (Fsp3) is 0.321. The smallest absolute Gasteiger partial charge is 0.251 e. The number of nitrogens with one attached hydrogen (secondary N) is 1. The molecule has 1 aliphatic rings. The molecule has 2 aromatic heterocycles. The Kier molecular flexibility index (Phi) is 7.21. The highest BCUT2D eigenvalue weighted by Gasteiger charge is 2.35. The van der Waals surface area contributed by atoms with Gasteiger partial charge < -0.3 is 14.8 Å². The van der Waals surface area contributed by atoms with Crippen LogP contribution in [0.1, 0.15) is 48.6 Å². The van der Waals surface area contributed by atoms with Crippen LogP contribution in [0.3, 0.4) is 0 Å². The van der Waals surface area contributed by atoms with Gasteiger partial charge in [0.2, 0.25) is 11.7 Å². The van der Waals surface area contributed by atoms with Gasteiger partial charge in [0.25, 0.3) is 5.91 Å². The topological polar surface area (TPSA) is 126 Å². The van der Waals surface area contributed by atoms with E-state index in [0.29, 0.717) is 22.8 Å². The Labute approximate surface area is 220 Å². The molecular weight excluding hydrogens is 484 g/mol. The number of furan rings is 1. The molecule has 1 fully saturated rings. The van der Waals surface area contributed by atoms with E-state index in [1.807, 2.05) is 32.0 Å². The molecule has 1 unspecified atom stereocenters. The van der Waals surface area contributed by atoms with Gasteiger partial charge in [0, 0.05) is 11.7 Å². The predicted molar refractivity (Wildman–Crippen MR) is 140 cm³/mol. The van der Waals surface area contributed by atoms with Crippen LogP contribution in [-0.2, 0) is 16.1 Å². The van der Waals surface area contributed by atoms with Crippen molar-refractivity contribution in [1.29, 1.82) is 0 Å². The van der Waals surface area contributed by atoms with Crippen molar-refractivity contribution < 1.29 is 19.1 Å². The van der Waals surface area contributed by atoms with E-state index in [-0.39, 0.29) is 30.1 Å². The molecule has 4 aromatic rings. The number of aryl methyl sites for hydroxylation is 2. The zero-order valence-electron chi connectivity index (χ0n) is 21.4. The van der Waals surface area contributed by atoms with Crippen molar-refractivity contribution in [1.82, 2.24) is 25.5 Å². The summed E-state index contributed by atoms with van der Waals surface area (Å²) in [7, 11) is 0. The van der Waals surface area contributed by atoms with Crippen LogP contribution in [0.2, 0.25) is 0 Å². The highest BCUT2D eigenvalue weighted by atomic mass is 16.3. The highest BCUT2D eigenvalue weighted by Crippen LogP contribution is 2.31. The molecular formula is C28H30N6O4. The molecule has 2 aromatic carbocycles. The van der Waals surface area contributed by atoms with E-state index in [0.717, 1.165) is 31.2 Å². The lowest BCUT2D eigenvalue weighted by Crippen LogP contribution is -2.47. The van der Waals surface area contributed by atoms with Gasteiger partial charge in [-0.05, 0) is 79.4 Å². The maximum atomic E-state index is 13.9. The Morgan fingerprint density at radius 2 is 1.87 bits per heavy atom. The number of carbonyl (C=O) groups is 2. The number of tetrazole rings is 1. The summed E-state index contributed by atoms with van der Waals surface area (Å²) in [6, 6.07) is 16.4. The monoisotopic (exact) mass is 514 g/mol. The Hall–Kier alpha value is -4.47. The Balaban J connectivity index is 1.51. The van der Waals surface area contributed by atoms with Gasteiger partial charge >= 0.3 is 0 Å². The van der Waals surface area contributed by atoms with Crippen molar-refractivity contribution in [3.63, 3.8) is 0 Å². The quantitative estimate of drug-likeness (QED) is 0.363. The SMILES string of the molecule is Cc1cccc(N(C(=O)Cn2nnc(-c3ccc(C)o3)n2)C(C(=O)NC2CCCC2)c2ccc(O)cc2)c1. The van der Waals surface area contributed by atoms with Crippen LogP contribution in [0.15, 0.2) is 65.1 Å². The van der Waals surface area contributed by atoms with Crippen molar-refractivity contribution in [3.8, 4) is 17.3 Å². The van der Waals surface area contributed by atoms with Crippen LogP contribution < -0.4 is 10.2 Å². The molecule has 2 N–H and O–H groups in total. The number of nitrogens with zero attached hydrogens (tertiary/aromatic N) is 5. The molecule has 10 heteroatoms. The molecule has 5 rings (SSSR count). The molecule has 0 bridgehead atoms. The summed E-state index contributed by atoms with van der Waals surface area (Å²) >= 11 is 0. The van der Waals surface area contributed by atoms with E-state index in [9.17, 15) is 14.7 Å². The standard InChI is InChI=1S/C28H30N6O4/c1-18-6-5-9-22(16-18)34(25(36)17-33-31-27(30-32-33)24-15-10-19(2)38-24)26(20-11-13-23(35)14-12-20)28(37)29-21-7-3-4-8-21/h5-6,9-16,21,26,35H,3-4,7-8,17H2,1-2H3,(H,29,37). The average Bonchev–Trinajstić information content (AvgIpc) is 3.66. The van der Waals surface area contributed by atoms with Crippen molar-refractivity contribution in [2.75, 3.05) is 4.90 Å². The molecule has 1 aliphatic carbocycles. The summed E-state index contributed by atoms with van der Waals surface area (Å²) in [6.07, 6.45) is 3.93. The lowest BCUT2D eigenvalue weighted by Gasteiger charge is -2.32. The summed E-state index contributed by atoms with van der Waals surface area (Å²) in [6.45, 7) is 3.50. The second kappa shape index (κ2) is 10.9. The van der Waals surface area contributed by atoms with Gasteiger partial charge in [-0.2, -0.15) is 4.80 Å². The minimum absolute atomic E-state index is 0.0628. The number of benzene rings is 2. The van der Waals surface area contributed by atoms with Crippen LogP contribution in [0, 0.1) is 13.8 Å².